The fourth-order valence-corrected chi connectivity index (χ4v) is 4.50. The Morgan fingerprint density at radius 3 is 2.61 bits per heavy atom. The third-order valence-corrected chi connectivity index (χ3v) is 6.15. The Morgan fingerprint density at radius 2 is 1.82 bits per heavy atom. The van der Waals surface area contributed by atoms with Crippen LogP contribution in [0.5, 0.6) is 0 Å². The van der Waals surface area contributed by atoms with Crippen LogP contribution in [0.15, 0.2) is 54.7 Å². The van der Waals surface area contributed by atoms with Crippen LogP contribution in [0.2, 0.25) is 5.02 Å². The van der Waals surface area contributed by atoms with Crippen molar-refractivity contribution in [1.29, 1.82) is 0 Å². The molecule has 5 heteroatoms. The average molecular weight is 397 g/mol. The number of carbonyl (C=O) groups excluding carboxylic acids is 1. The third-order valence-electron chi connectivity index (χ3n) is 5.81. The minimum absolute atomic E-state index is 0.0895. The van der Waals surface area contributed by atoms with Gasteiger partial charge < -0.3 is 15.2 Å². The second-order valence-corrected chi connectivity index (χ2v) is 8.06. The van der Waals surface area contributed by atoms with E-state index in [4.69, 9.17) is 11.6 Å². The number of aromatic nitrogens is 1. The molecule has 1 fully saturated rings. The van der Waals surface area contributed by atoms with Gasteiger partial charge in [-0.1, -0.05) is 48.0 Å². The Labute approximate surface area is 170 Å². The fraction of sp³-hybridized carbons (Fsp3) is 0.348. The molecule has 1 aliphatic rings. The number of quaternary nitrogens is 1. The predicted molar refractivity (Wildman–Crippen MR) is 114 cm³/mol. The third kappa shape index (κ3) is 3.80. The molecule has 4 rings (SSSR count). The largest absolute Gasteiger partial charge is 0.361 e. The highest BCUT2D eigenvalue weighted by Gasteiger charge is 2.28. The minimum atomic E-state index is -0.0895. The fourth-order valence-electron chi connectivity index (χ4n) is 4.23. The standard InChI is InChI=1S/C23H26ClN3O/c1-16(23(28)27-12-6-7-13-27)25-14-19(17-8-2-4-10-21(17)24)20-15-26-22-11-5-3-9-18(20)22/h2-5,8-11,15-16,19,25-26H,6-7,12-14H2,1H3/p+1/t16-,19-/m1/s1. The van der Waals surface area contributed by atoms with Crippen LogP contribution in [0.4, 0.5) is 0 Å². The SMILES string of the molecule is C[C@@H]([NH2+]C[C@H](c1ccccc1Cl)c1c[nH]c2ccccc12)C(=O)N1CCCC1. The summed E-state index contributed by atoms with van der Waals surface area (Å²) in [7, 11) is 0. The van der Waals surface area contributed by atoms with Gasteiger partial charge in [0, 0.05) is 35.2 Å². The van der Waals surface area contributed by atoms with Crippen molar-refractivity contribution in [2.75, 3.05) is 19.6 Å². The number of aromatic amines is 1. The minimum Gasteiger partial charge on any atom is -0.361 e. The lowest BCUT2D eigenvalue weighted by Gasteiger charge is -2.22. The summed E-state index contributed by atoms with van der Waals surface area (Å²) in [5.74, 6) is 0.355. The van der Waals surface area contributed by atoms with Gasteiger partial charge in [0.25, 0.3) is 5.91 Å². The molecule has 3 aromatic rings. The number of nitrogens with zero attached hydrogens (tertiary/aromatic N) is 1. The zero-order valence-electron chi connectivity index (χ0n) is 16.2. The molecule has 0 bridgehead atoms. The zero-order valence-corrected chi connectivity index (χ0v) is 17.0. The van der Waals surface area contributed by atoms with Crippen molar-refractivity contribution in [3.05, 3.63) is 70.9 Å². The van der Waals surface area contributed by atoms with Gasteiger partial charge in [0.15, 0.2) is 6.04 Å². The number of fused-ring (bicyclic) bond motifs is 1. The van der Waals surface area contributed by atoms with Gasteiger partial charge in [0.1, 0.15) is 0 Å². The second kappa shape index (κ2) is 8.38. The lowest BCUT2D eigenvalue weighted by molar-refractivity contribution is -0.675. The molecule has 0 radical (unpaired) electrons. The van der Waals surface area contributed by atoms with Crippen LogP contribution >= 0.6 is 11.6 Å². The summed E-state index contributed by atoms with van der Waals surface area (Å²) in [6, 6.07) is 16.3. The maximum absolute atomic E-state index is 12.7. The van der Waals surface area contributed by atoms with Gasteiger partial charge >= 0.3 is 0 Å². The average Bonchev–Trinajstić information content (AvgIpc) is 3.39. The van der Waals surface area contributed by atoms with E-state index in [1.54, 1.807) is 0 Å². The first-order chi connectivity index (χ1) is 13.6. The van der Waals surface area contributed by atoms with E-state index in [1.165, 1.54) is 10.9 Å². The van der Waals surface area contributed by atoms with Crippen LogP contribution in [0, 0.1) is 0 Å². The molecule has 1 amide bonds. The van der Waals surface area contributed by atoms with Gasteiger partial charge in [-0.2, -0.15) is 0 Å². The summed E-state index contributed by atoms with van der Waals surface area (Å²) in [6.45, 7) is 4.58. The van der Waals surface area contributed by atoms with Gasteiger partial charge in [0.05, 0.1) is 12.5 Å². The molecule has 0 spiro atoms. The molecule has 0 aliphatic carbocycles. The van der Waals surface area contributed by atoms with Crippen LogP contribution in [0.3, 0.4) is 0 Å². The summed E-state index contributed by atoms with van der Waals surface area (Å²) in [5, 5.41) is 4.14. The Balaban J connectivity index is 1.60. The highest BCUT2D eigenvalue weighted by molar-refractivity contribution is 6.31. The van der Waals surface area contributed by atoms with Crippen molar-refractivity contribution >= 4 is 28.4 Å². The van der Waals surface area contributed by atoms with E-state index >= 15 is 0 Å². The monoisotopic (exact) mass is 396 g/mol. The molecule has 2 atom stereocenters. The summed E-state index contributed by atoms with van der Waals surface area (Å²) in [6.07, 6.45) is 4.32. The molecular formula is C23H27ClN3O+. The van der Waals surface area contributed by atoms with E-state index in [9.17, 15) is 4.79 Å². The molecule has 146 valence electrons. The number of benzene rings is 2. The molecule has 1 aliphatic heterocycles. The molecule has 1 saturated heterocycles. The zero-order chi connectivity index (χ0) is 19.5. The first-order valence-electron chi connectivity index (χ1n) is 10.1. The van der Waals surface area contributed by atoms with E-state index in [0.29, 0.717) is 0 Å². The van der Waals surface area contributed by atoms with Crippen LogP contribution < -0.4 is 5.32 Å². The summed E-state index contributed by atoms with van der Waals surface area (Å²) in [4.78, 5) is 18.1. The second-order valence-electron chi connectivity index (χ2n) is 7.66. The van der Waals surface area contributed by atoms with Crippen LogP contribution in [-0.4, -0.2) is 41.5 Å². The number of para-hydroxylation sites is 1. The summed E-state index contributed by atoms with van der Waals surface area (Å²) in [5.41, 5.74) is 3.45. The molecule has 4 nitrogen and oxygen atoms in total. The maximum atomic E-state index is 12.7. The molecule has 0 saturated carbocycles. The molecule has 0 unspecified atom stereocenters. The Morgan fingerprint density at radius 1 is 1.11 bits per heavy atom. The summed E-state index contributed by atoms with van der Waals surface area (Å²) < 4.78 is 0. The van der Waals surface area contributed by atoms with Gasteiger partial charge in [-0.25, -0.2) is 0 Å². The number of hydrogen-bond acceptors (Lipinski definition) is 1. The normalized spacial score (nSPS) is 16.4. The van der Waals surface area contributed by atoms with E-state index < -0.39 is 0 Å². The van der Waals surface area contributed by atoms with Crippen LogP contribution in [0.1, 0.15) is 36.8 Å². The molecular weight excluding hydrogens is 370 g/mol. The number of hydrogen-bond donors (Lipinski definition) is 2. The number of carbonyl (C=O) groups is 1. The van der Waals surface area contributed by atoms with Gasteiger partial charge in [-0.05, 0) is 43.0 Å². The first-order valence-corrected chi connectivity index (χ1v) is 10.5. The van der Waals surface area contributed by atoms with E-state index in [1.807, 2.05) is 36.1 Å². The van der Waals surface area contributed by atoms with Gasteiger partial charge in [-0.15, -0.1) is 0 Å². The molecule has 1 aromatic heterocycles. The van der Waals surface area contributed by atoms with E-state index in [0.717, 1.165) is 48.6 Å². The van der Waals surface area contributed by atoms with Gasteiger partial charge in [0.2, 0.25) is 0 Å². The van der Waals surface area contributed by atoms with Crippen molar-refractivity contribution in [1.82, 2.24) is 9.88 Å². The Hall–Kier alpha value is -2.30. The lowest BCUT2D eigenvalue weighted by atomic mass is 9.90. The van der Waals surface area contributed by atoms with Gasteiger partial charge in [-0.3, -0.25) is 4.79 Å². The number of amides is 1. The number of nitrogens with two attached hydrogens (primary N) is 1. The Kier molecular flexibility index (Phi) is 5.69. The number of H-pyrrole nitrogens is 1. The van der Waals surface area contributed by atoms with Crippen LogP contribution in [-0.2, 0) is 4.79 Å². The number of rotatable bonds is 6. The first kappa shape index (κ1) is 19.0. The highest BCUT2D eigenvalue weighted by Crippen LogP contribution is 2.33. The topological polar surface area (TPSA) is 52.7 Å². The number of likely N-dealkylation sites (tertiary alicyclic amines) is 1. The van der Waals surface area contributed by atoms with Crippen LogP contribution in [0.25, 0.3) is 10.9 Å². The van der Waals surface area contributed by atoms with Crippen molar-refractivity contribution in [2.45, 2.75) is 31.7 Å². The molecule has 2 aromatic carbocycles. The smallest absolute Gasteiger partial charge is 0.280 e. The van der Waals surface area contributed by atoms with E-state index in [2.05, 4.69) is 40.8 Å². The Bertz CT molecular complexity index is 961. The highest BCUT2D eigenvalue weighted by atomic mass is 35.5. The van der Waals surface area contributed by atoms with Crippen molar-refractivity contribution < 1.29 is 10.1 Å². The van der Waals surface area contributed by atoms with E-state index in [-0.39, 0.29) is 17.9 Å². The molecule has 2 heterocycles. The summed E-state index contributed by atoms with van der Waals surface area (Å²) >= 11 is 6.57. The molecule has 28 heavy (non-hydrogen) atoms. The lowest BCUT2D eigenvalue weighted by Crippen LogP contribution is -2.92. The number of nitrogens with one attached hydrogen (secondary N) is 1. The predicted octanol–water partition coefficient (Wildman–Crippen LogP) is 3.53. The maximum Gasteiger partial charge on any atom is 0.280 e. The quantitative estimate of drug-likeness (QED) is 0.658. The van der Waals surface area contributed by atoms with Crippen molar-refractivity contribution in [2.24, 2.45) is 0 Å². The molecule has 3 N–H and O–H groups in total. The van der Waals surface area contributed by atoms with Crippen molar-refractivity contribution in [3.8, 4) is 0 Å². The number of halogens is 1. The van der Waals surface area contributed by atoms with Crippen molar-refractivity contribution in [3.63, 3.8) is 0 Å².